The third kappa shape index (κ3) is 5.07. The number of nitrogens with one attached hydrogen (secondary N) is 1. The molecule has 1 saturated heterocycles. The Morgan fingerprint density at radius 1 is 1.07 bits per heavy atom. The average molecular weight is 405 g/mol. The smallest absolute Gasteiger partial charge is 0.274 e. The molecule has 1 aliphatic heterocycles. The monoisotopic (exact) mass is 404 g/mol. The summed E-state index contributed by atoms with van der Waals surface area (Å²) < 4.78 is 7.55. The molecule has 4 rings (SSSR count). The number of benzene rings is 2. The number of hydrogen-bond donors (Lipinski definition) is 1. The van der Waals surface area contributed by atoms with E-state index in [2.05, 4.69) is 15.3 Å². The van der Waals surface area contributed by atoms with Crippen molar-refractivity contribution in [3.05, 3.63) is 72.1 Å². The van der Waals surface area contributed by atoms with E-state index >= 15 is 0 Å². The second-order valence-electron chi connectivity index (χ2n) is 7.65. The van der Waals surface area contributed by atoms with Crippen LogP contribution >= 0.6 is 0 Å². The molecule has 1 N–H and O–H groups in total. The Morgan fingerprint density at radius 3 is 2.53 bits per heavy atom. The van der Waals surface area contributed by atoms with Crippen LogP contribution < -0.4 is 10.1 Å². The maximum atomic E-state index is 12.8. The van der Waals surface area contributed by atoms with Crippen LogP contribution in [-0.4, -0.2) is 46.8 Å². The van der Waals surface area contributed by atoms with Crippen molar-refractivity contribution in [2.24, 2.45) is 0 Å². The first-order valence-electron chi connectivity index (χ1n) is 10.6. The molecule has 0 unspecified atom stereocenters. The Kier molecular flexibility index (Phi) is 6.44. The summed E-state index contributed by atoms with van der Waals surface area (Å²) in [5.74, 6) is 0.642. The van der Waals surface area contributed by atoms with Crippen LogP contribution in [0.15, 0.2) is 60.7 Å². The predicted octanol–water partition coefficient (Wildman–Crippen LogP) is 4.30. The number of rotatable bonds is 8. The first-order valence-corrected chi connectivity index (χ1v) is 10.6. The Bertz CT molecular complexity index is 961. The van der Waals surface area contributed by atoms with Gasteiger partial charge in [-0.2, -0.15) is 5.10 Å². The molecule has 0 saturated carbocycles. The van der Waals surface area contributed by atoms with Crippen LogP contribution in [0.2, 0.25) is 0 Å². The number of amides is 1. The number of aromatic nitrogens is 2. The third-order valence-electron chi connectivity index (χ3n) is 5.26. The molecule has 1 aromatic heterocycles. The molecule has 0 aliphatic carbocycles. The van der Waals surface area contributed by atoms with Crippen molar-refractivity contribution in [3.63, 3.8) is 0 Å². The number of anilines is 1. The van der Waals surface area contributed by atoms with Gasteiger partial charge in [0.05, 0.1) is 18.0 Å². The van der Waals surface area contributed by atoms with E-state index in [0.717, 1.165) is 35.8 Å². The normalized spacial score (nSPS) is 14.0. The quantitative estimate of drug-likeness (QED) is 0.569. The number of carbonyl (C=O) groups excluding carboxylic acids is 1. The molecular formula is C24H28N4O2. The van der Waals surface area contributed by atoms with Gasteiger partial charge in [0.1, 0.15) is 11.4 Å². The van der Waals surface area contributed by atoms with Crippen LogP contribution in [0.3, 0.4) is 0 Å². The van der Waals surface area contributed by atoms with E-state index in [1.165, 1.54) is 25.9 Å². The number of carbonyl (C=O) groups is 1. The second kappa shape index (κ2) is 9.59. The molecule has 3 aromatic rings. The SMILES string of the molecule is Cc1cc(C(=O)Nc2ccccc2)n(-c2ccc(OCCCN3CCCC3)cc2)n1. The summed E-state index contributed by atoms with van der Waals surface area (Å²) in [7, 11) is 0. The van der Waals surface area contributed by atoms with E-state index in [1.54, 1.807) is 10.7 Å². The lowest BCUT2D eigenvalue weighted by Gasteiger charge is -2.14. The molecule has 6 nitrogen and oxygen atoms in total. The number of nitrogens with zero attached hydrogens (tertiary/aromatic N) is 3. The molecule has 2 aromatic carbocycles. The summed E-state index contributed by atoms with van der Waals surface area (Å²) in [6.45, 7) is 6.13. The fraction of sp³-hybridized carbons (Fsp3) is 0.333. The highest BCUT2D eigenvalue weighted by Crippen LogP contribution is 2.19. The van der Waals surface area contributed by atoms with Crippen LogP contribution in [0.25, 0.3) is 5.69 Å². The number of hydrogen-bond acceptors (Lipinski definition) is 4. The van der Waals surface area contributed by atoms with Crippen molar-refractivity contribution in [1.82, 2.24) is 14.7 Å². The van der Waals surface area contributed by atoms with Crippen LogP contribution in [0.5, 0.6) is 5.75 Å². The summed E-state index contributed by atoms with van der Waals surface area (Å²) >= 11 is 0. The van der Waals surface area contributed by atoms with Gasteiger partial charge in [-0.1, -0.05) is 18.2 Å². The zero-order valence-electron chi connectivity index (χ0n) is 17.4. The number of para-hydroxylation sites is 1. The van der Waals surface area contributed by atoms with Crippen molar-refractivity contribution in [2.45, 2.75) is 26.2 Å². The second-order valence-corrected chi connectivity index (χ2v) is 7.65. The largest absolute Gasteiger partial charge is 0.494 e. The third-order valence-corrected chi connectivity index (χ3v) is 5.26. The zero-order chi connectivity index (χ0) is 20.8. The Labute approximate surface area is 177 Å². The van der Waals surface area contributed by atoms with Gasteiger partial charge in [0.25, 0.3) is 5.91 Å². The maximum Gasteiger partial charge on any atom is 0.274 e. The Hall–Kier alpha value is -3.12. The van der Waals surface area contributed by atoms with Gasteiger partial charge in [-0.05, 0) is 81.7 Å². The van der Waals surface area contributed by atoms with Crippen LogP contribution in [-0.2, 0) is 0 Å². The van der Waals surface area contributed by atoms with Crippen molar-refractivity contribution in [3.8, 4) is 11.4 Å². The van der Waals surface area contributed by atoms with E-state index in [9.17, 15) is 4.79 Å². The van der Waals surface area contributed by atoms with Gasteiger partial charge in [0.2, 0.25) is 0 Å². The maximum absolute atomic E-state index is 12.8. The molecule has 2 heterocycles. The molecule has 1 aliphatic rings. The van der Waals surface area contributed by atoms with Crippen LogP contribution in [0.1, 0.15) is 35.4 Å². The van der Waals surface area contributed by atoms with E-state index < -0.39 is 0 Å². The Morgan fingerprint density at radius 2 is 1.80 bits per heavy atom. The molecular weight excluding hydrogens is 376 g/mol. The van der Waals surface area contributed by atoms with E-state index in [1.807, 2.05) is 61.5 Å². The molecule has 6 heteroatoms. The number of likely N-dealkylation sites (tertiary alicyclic amines) is 1. The minimum absolute atomic E-state index is 0.191. The highest BCUT2D eigenvalue weighted by Gasteiger charge is 2.16. The molecule has 0 spiro atoms. The minimum Gasteiger partial charge on any atom is -0.494 e. The average Bonchev–Trinajstić information content (AvgIpc) is 3.42. The number of aryl methyl sites for hydroxylation is 1. The van der Waals surface area contributed by atoms with Crippen molar-refractivity contribution in [2.75, 3.05) is 31.6 Å². The Balaban J connectivity index is 1.38. The van der Waals surface area contributed by atoms with Gasteiger partial charge in [-0.25, -0.2) is 4.68 Å². The molecule has 156 valence electrons. The molecule has 1 amide bonds. The summed E-state index contributed by atoms with van der Waals surface area (Å²) in [5, 5.41) is 7.42. The van der Waals surface area contributed by atoms with Crippen molar-refractivity contribution in [1.29, 1.82) is 0 Å². The predicted molar refractivity (Wildman–Crippen MR) is 118 cm³/mol. The molecule has 1 fully saturated rings. The van der Waals surface area contributed by atoms with Gasteiger partial charge in [-0.15, -0.1) is 0 Å². The lowest BCUT2D eigenvalue weighted by molar-refractivity contribution is 0.101. The molecule has 30 heavy (non-hydrogen) atoms. The summed E-state index contributed by atoms with van der Waals surface area (Å²) in [5.41, 5.74) is 2.86. The lowest BCUT2D eigenvalue weighted by atomic mass is 10.2. The highest BCUT2D eigenvalue weighted by atomic mass is 16.5. The fourth-order valence-electron chi connectivity index (χ4n) is 3.74. The highest BCUT2D eigenvalue weighted by molar-refractivity contribution is 6.03. The summed E-state index contributed by atoms with van der Waals surface area (Å²) in [4.78, 5) is 15.3. The van der Waals surface area contributed by atoms with E-state index in [0.29, 0.717) is 12.3 Å². The zero-order valence-corrected chi connectivity index (χ0v) is 17.4. The minimum atomic E-state index is -0.191. The van der Waals surface area contributed by atoms with Crippen LogP contribution in [0.4, 0.5) is 5.69 Å². The van der Waals surface area contributed by atoms with E-state index in [4.69, 9.17) is 4.74 Å². The first kappa shape index (κ1) is 20.2. The van der Waals surface area contributed by atoms with Gasteiger partial charge in [0, 0.05) is 12.2 Å². The van der Waals surface area contributed by atoms with Crippen molar-refractivity contribution < 1.29 is 9.53 Å². The van der Waals surface area contributed by atoms with Gasteiger partial charge in [0.15, 0.2) is 0 Å². The lowest BCUT2D eigenvalue weighted by Crippen LogP contribution is -2.21. The van der Waals surface area contributed by atoms with Gasteiger partial charge >= 0.3 is 0 Å². The standard InChI is InChI=1S/C24H28N4O2/c1-19-18-23(24(29)25-20-8-3-2-4-9-20)28(26-19)21-10-12-22(13-11-21)30-17-7-16-27-14-5-6-15-27/h2-4,8-13,18H,5-7,14-17H2,1H3,(H,25,29). The fourth-order valence-corrected chi connectivity index (χ4v) is 3.74. The topological polar surface area (TPSA) is 59.4 Å². The number of ether oxygens (including phenoxy) is 1. The summed E-state index contributed by atoms with van der Waals surface area (Å²) in [6.07, 6.45) is 3.67. The summed E-state index contributed by atoms with van der Waals surface area (Å²) in [6, 6.07) is 18.9. The molecule has 0 radical (unpaired) electrons. The van der Waals surface area contributed by atoms with Crippen LogP contribution in [0, 0.1) is 6.92 Å². The molecule has 0 bridgehead atoms. The molecule has 0 atom stereocenters. The van der Waals surface area contributed by atoms with Crippen molar-refractivity contribution >= 4 is 11.6 Å². The first-order chi connectivity index (χ1) is 14.7. The van der Waals surface area contributed by atoms with E-state index in [-0.39, 0.29) is 5.91 Å². The van der Waals surface area contributed by atoms with Gasteiger partial charge in [-0.3, -0.25) is 4.79 Å². The van der Waals surface area contributed by atoms with Gasteiger partial charge < -0.3 is 15.0 Å².